The van der Waals surface area contributed by atoms with Crippen molar-refractivity contribution in [2.24, 2.45) is 0 Å². The van der Waals surface area contributed by atoms with Crippen LogP contribution in [0.15, 0.2) is 33.5 Å². The molecule has 3 rings (SSSR count). The molecule has 0 amide bonds. The number of fused-ring (bicyclic) bond motifs is 1. The van der Waals surface area contributed by atoms with E-state index in [0.29, 0.717) is 5.56 Å². The maximum Gasteiger partial charge on any atom is 0.268 e. The van der Waals surface area contributed by atoms with Crippen LogP contribution in [0, 0.1) is 0 Å². The average Bonchev–Trinajstić information content (AvgIpc) is 2.71. The van der Waals surface area contributed by atoms with Gasteiger partial charge in [0.15, 0.2) is 12.0 Å². The van der Waals surface area contributed by atoms with Crippen molar-refractivity contribution in [1.29, 1.82) is 0 Å². The zero-order valence-electron chi connectivity index (χ0n) is 13.0. The summed E-state index contributed by atoms with van der Waals surface area (Å²) in [5.74, 6) is -0.505. The Morgan fingerprint density at radius 1 is 1.17 bits per heavy atom. The van der Waals surface area contributed by atoms with Crippen LogP contribution in [0.3, 0.4) is 0 Å². The van der Waals surface area contributed by atoms with E-state index in [1.165, 1.54) is 6.08 Å². The first-order valence-electron chi connectivity index (χ1n) is 7.15. The Bertz CT molecular complexity index is 900. The Kier molecular flexibility index (Phi) is 3.21. The van der Waals surface area contributed by atoms with Gasteiger partial charge in [0, 0.05) is 29.4 Å². The number of aliphatic hydroxyl groups is 2. The first-order valence-corrected chi connectivity index (χ1v) is 7.15. The van der Waals surface area contributed by atoms with Crippen LogP contribution in [0.4, 0.5) is 5.69 Å². The van der Waals surface area contributed by atoms with E-state index in [1.54, 1.807) is 18.2 Å². The Morgan fingerprint density at radius 2 is 1.83 bits per heavy atom. The topological polar surface area (TPSA) is 98.1 Å². The van der Waals surface area contributed by atoms with Crippen molar-refractivity contribution in [1.82, 2.24) is 0 Å². The van der Waals surface area contributed by atoms with Gasteiger partial charge >= 0.3 is 0 Å². The Balaban J connectivity index is 2.16. The van der Waals surface area contributed by atoms with Gasteiger partial charge in [0.25, 0.3) is 5.43 Å². The summed E-state index contributed by atoms with van der Waals surface area (Å²) < 4.78 is 0. The summed E-state index contributed by atoms with van der Waals surface area (Å²) in [5, 5.41) is 28.3. The van der Waals surface area contributed by atoms with Crippen LogP contribution < -0.4 is 15.8 Å². The van der Waals surface area contributed by atoms with Crippen LogP contribution in [-0.4, -0.2) is 22.4 Å². The van der Waals surface area contributed by atoms with Crippen molar-refractivity contribution in [3.63, 3.8) is 0 Å². The van der Waals surface area contributed by atoms with Gasteiger partial charge in [0.05, 0.1) is 5.56 Å². The molecule has 6 heteroatoms. The fourth-order valence-electron chi connectivity index (χ4n) is 3.14. The lowest BCUT2D eigenvalue weighted by Crippen LogP contribution is -2.33. The molecule has 2 aromatic carbocycles. The number of allylic oxidation sites excluding steroid dienone is 1. The molecule has 1 heterocycles. The summed E-state index contributed by atoms with van der Waals surface area (Å²) in [6.07, 6.45) is -0.0410. The molecule has 0 radical (unpaired) electrons. The second kappa shape index (κ2) is 4.78. The molecule has 0 unspecified atom stereocenters. The highest BCUT2D eigenvalue weighted by molar-refractivity contribution is 5.77. The lowest BCUT2D eigenvalue weighted by molar-refractivity contribution is -0.0425. The van der Waals surface area contributed by atoms with Crippen LogP contribution in [0.5, 0.6) is 5.75 Å². The normalized spacial score (nSPS) is 18.2. The predicted octanol–water partition coefficient (Wildman–Crippen LogP) is 0.740. The number of rotatable bonds is 2. The van der Waals surface area contributed by atoms with Gasteiger partial charge in [-0.2, -0.15) is 0 Å². The third kappa shape index (κ3) is 2.03. The third-order valence-electron chi connectivity index (χ3n) is 4.56. The van der Waals surface area contributed by atoms with Gasteiger partial charge in [-0.25, -0.2) is 0 Å². The number of aliphatic hydroxyl groups excluding tert-OH is 1. The Labute approximate surface area is 132 Å². The molecule has 0 aliphatic carbocycles. The highest BCUT2D eigenvalue weighted by atomic mass is 16.5. The molecule has 1 aliphatic heterocycles. The number of benzene rings is 1. The summed E-state index contributed by atoms with van der Waals surface area (Å²) in [5.41, 5.74) is 0.781. The summed E-state index contributed by atoms with van der Waals surface area (Å²) in [6.45, 7) is 3.86. The summed E-state index contributed by atoms with van der Waals surface area (Å²) in [7, 11) is 1.82. The maximum absolute atomic E-state index is 11.6. The van der Waals surface area contributed by atoms with Gasteiger partial charge < -0.3 is 20.2 Å². The second-order valence-electron chi connectivity index (χ2n) is 6.28. The quantitative estimate of drug-likeness (QED) is 0.558. The van der Waals surface area contributed by atoms with E-state index in [1.807, 2.05) is 25.8 Å². The van der Waals surface area contributed by atoms with Gasteiger partial charge in [-0.1, -0.05) is 19.9 Å². The average molecular weight is 315 g/mol. The van der Waals surface area contributed by atoms with Gasteiger partial charge in [-0.15, -0.1) is 0 Å². The van der Waals surface area contributed by atoms with Crippen LogP contribution >= 0.6 is 0 Å². The molecule has 2 aromatic rings. The van der Waals surface area contributed by atoms with E-state index < -0.39 is 28.3 Å². The molecule has 0 saturated carbocycles. The lowest BCUT2D eigenvalue weighted by atomic mass is 9.82. The molecule has 3 N–H and O–H groups in total. The Hall–Kier alpha value is -2.44. The minimum atomic E-state index is -1.56. The third-order valence-corrected chi connectivity index (χ3v) is 4.56. The van der Waals surface area contributed by atoms with Gasteiger partial charge in [-0.05, 0) is 23.8 Å². The van der Waals surface area contributed by atoms with Gasteiger partial charge in [-0.3, -0.25) is 9.59 Å². The van der Waals surface area contributed by atoms with Crippen molar-refractivity contribution < 1.29 is 15.3 Å². The van der Waals surface area contributed by atoms with Crippen molar-refractivity contribution in [2.75, 3.05) is 11.9 Å². The van der Waals surface area contributed by atoms with E-state index in [4.69, 9.17) is 0 Å². The van der Waals surface area contributed by atoms with Crippen molar-refractivity contribution >= 4 is 11.8 Å². The molecule has 0 atom stereocenters. The zero-order valence-corrected chi connectivity index (χ0v) is 13.0. The van der Waals surface area contributed by atoms with E-state index in [2.05, 4.69) is 0 Å². The fraction of sp³-hybridized carbons (Fsp3) is 0.294. The number of aromatic hydroxyl groups is 1. The van der Waals surface area contributed by atoms with Gasteiger partial charge in [0.2, 0.25) is 5.43 Å². The lowest BCUT2D eigenvalue weighted by Gasteiger charge is -2.24. The Morgan fingerprint density at radius 3 is 2.39 bits per heavy atom. The number of anilines is 1. The van der Waals surface area contributed by atoms with E-state index in [0.717, 1.165) is 16.9 Å². The van der Waals surface area contributed by atoms with Crippen molar-refractivity contribution in [3.05, 3.63) is 61.0 Å². The molecular weight excluding hydrogens is 298 g/mol. The smallest absolute Gasteiger partial charge is 0.268 e. The molecule has 0 bridgehead atoms. The number of hydrogen-bond acceptors (Lipinski definition) is 6. The molecule has 6 nitrogen and oxygen atoms in total. The first kappa shape index (κ1) is 15.5. The molecule has 0 fully saturated rings. The number of likely N-dealkylation sites (N-methyl/N-ethyl adjacent to an activating group) is 1. The molecule has 23 heavy (non-hydrogen) atoms. The molecular formula is C17H17NO5. The molecule has 0 aromatic heterocycles. The molecule has 1 aliphatic rings. The SMILES string of the molecule is CN1C(=Cc2c(O)c(=O)c2=O)C(C)(C)c2cc(C(O)O)ccc21. The zero-order chi connectivity index (χ0) is 17.1. The monoisotopic (exact) mass is 315 g/mol. The van der Waals surface area contributed by atoms with Crippen LogP contribution in [0.2, 0.25) is 0 Å². The predicted molar refractivity (Wildman–Crippen MR) is 86.0 cm³/mol. The summed E-state index contributed by atoms with van der Waals surface area (Å²) in [6, 6.07) is 5.10. The van der Waals surface area contributed by atoms with Crippen molar-refractivity contribution in [2.45, 2.75) is 25.6 Å². The first-order chi connectivity index (χ1) is 10.7. The highest BCUT2D eigenvalue weighted by Gasteiger charge is 2.39. The van der Waals surface area contributed by atoms with Crippen molar-refractivity contribution in [3.8, 4) is 5.75 Å². The maximum atomic E-state index is 11.6. The summed E-state index contributed by atoms with van der Waals surface area (Å²) >= 11 is 0. The van der Waals surface area contributed by atoms with Gasteiger partial charge in [0.1, 0.15) is 0 Å². The van der Waals surface area contributed by atoms with E-state index in [-0.39, 0.29) is 5.56 Å². The van der Waals surface area contributed by atoms with E-state index >= 15 is 0 Å². The largest absolute Gasteiger partial charge is 0.504 e. The fourth-order valence-corrected chi connectivity index (χ4v) is 3.14. The minimum absolute atomic E-state index is 0.0140. The molecule has 0 spiro atoms. The number of hydrogen-bond donors (Lipinski definition) is 3. The van der Waals surface area contributed by atoms with E-state index in [9.17, 15) is 24.9 Å². The standard InChI is InChI=1S/C17H17NO5/c1-17(2)10-6-8(16(22)23)4-5-11(10)18(3)12(17)7-9-13(19)15(21)14(9)20/h4-7,16,19,22-23H,1-3H3. The van der Waals surface area contributed by atoms with Crippen LogP contribution in [0.1, 0.15) is 36.8 Å². The number of nitrogens with zero attached hydrogens (tertiary/aromatic N) is 1. The second-order valence-corrected chi connectivity index (χ2v) is 6.28. The minimum Gasteiger partial charge on any atom is -0.504 e. The highest BCUT2D eigenvalue weighted by Crippen LogP contribution is 2.48. The van der Waals surface area contributed by atoms with Crippen LogP contribution in [0.25, 0.3) is 6.08 Å². The molecule has 0 saturated heterocycles. The van der Waals surface area contributed by atoms with Crippen LogP contribution in [-0.2, 0) is 5.41 Å². The molecule has 120 valence electrons. The summed E-state index contributed by atoms with van der Waals surface area (Å²) in [4.78, 5) is 24.6.